The van der Waals surface area contributed by atoms with Crippen LogP contribution in [0.2, 0.25) is 5.15 Å². The van der Waals surface area contributed by atoms with Gasteiger partial charge in [-0.05, 0) is 41.2 Å². The van der Waals surface area contributed by atoms with Gasteiger partial charge < -0.3 is 24.6 Å². The number of hydrazone groups is 1. The van der Waals surface area contributed by atoms with Crippen LogP contribution in [0, 0.1) is 10.1 Å². The fourth-order valence-electron chi connectivity index (χ4n) is 4.79. The number of carbonyl (C=O) groups excluding carboxylic acids is 2. The van der Waals surface area contributed by atoms with Crippen molar-refractivity contribution in [2.45, 2.75) is 59.1 Å². The van der Waals surface area contributed by atoms with Crippen molar-refractivity contribution in [3.8, 4) is 11.1 Å². The molecule has 0 aliphatic rings. The maximum atomic E-state index is 12.3. The summed E-state index contributed by atoms with van der Waals surface area (Å²) in [5, 5.41) is 14.9. The lowest BCUT2D eigenvalue weighted by atomic mass is 9.98. The number of unbranched alkanes of at least 4 members (excludes halogenated alkanes) is 1. The maximum absolute atomic E-state index is 12.3. The third-order valence-electron chi connectivity index (χ3n) is 7.26. The van der Waals surface area contributed by atoms with Crippen LogP contribution >= 0.6 is 11.6 Å². The molecule has 48 heavy (non-hydrogen) atoms. The number of hydrogen-bond acceptors (Lipinski definition) is 11. The molecule has 0 fully saturated rings. The normalized spacial score (nSPS) is 11.9. The van der Waals surface area contributed by atoms with E-state index in [2.05, 4.69) is 21.8 Å². The summed E-state index contributed by atoms with van der Waals surface area (Å²) < 4.78 is 12.2. The largest absolute Gasteiger partial charge is 0.510 e. The van der Waals surface area contributed by atoms with Crippen molar-refractivity contribution in [2.75, 3.05) is 0 Å². The number of ether oxygens (including phenoxy) is 2. The molecule has 4 rings (SSSR count). The topological polar surface area (TPSA) is 190 Å². The molecule has 0 amide bonds. The van der Waals surface area contributed by atoms with Crippen LogP contribution in [0.4, 0.5) is 4.79 Å². The number of aldehydes is 1. The van der Waals surface area contributed by atoms with Crippen molar-refractivity contribution in [3.05, 3.63) is 122 Å². The molecular weight excluding hydrogens is 642 g/mol. The van der Waals surface area contributed by atoms with Crippen molar-refractivity contribution >= 4 is 29.9 Å². The summed E-state index contributed by atoms with van der Waals surface area (Å²) in [6, 6.07) is 21.8. The smallest absolute Gasteiger partial charge is 0.429 e. The van der Waals surface area contributed by atoms with E-state index in [1.54, 1.807) is 30.3 Å². The summed E-state index contributed by atoms with van der Waals surface area (Å²) in [6.45, 7) is 3.65. The first kappa shape index (κ1) is 35.4. The molecule has 1 atom stereocenters. The monoisotopic (exact) mass is 677 g/mol. The molecule has 0 spiro atoms. The lowest BCUT2D eigenvalue weighted by molar-refractivity contribution is -0.763. The van der Waals surface area contributed by atoms with E-state index in [0.29, 0.717) is 28.9 Å². The summed E-state index contributed by atoms with van der Waals surface area (Å²) in [7, 11) is 0. The number of amidine groups is 1. The van der Waals surface area contributed by atoms with Crippen LogP contribution in [0.5, 0.6) is 0 Å². The number of aromatic nitrogens is 2. The van der Waals surface area contributed by atoms with Crippen molar-refractivity contribution in [1.82, 2.24) is 14.7 Å². The van der Waals surface area contributed by atoms with Gasteiger partial charge in [0, 0.05) is 18.5 Å². The van der Waals surface area contributed by atoms with E-state index in [4.69, 9.17) is 32.7 Å². The van der Waals surface area contributed by atoms with Gasteiger partial charge in [-0.3, -0.25) is 4.79 Å². The van der Waals surface area contributed by atoms with Gasteiger partial charge in [0.2, 0.25) is 6.23 Å². The van der Waals surface area contributed by atoms with Gasteiger partial charge in [0.1, 0.15) is 24.7 Å². The molecule has 0 saturated carbocycles. The van der Waals surface area contributed by atoms with Crippen LogP contribution in [0.1, 0.15) is 65.3 Å². The van der Waals surface area contributed by atoms with Gasteiger partial charge in [-0.2, -0.15) is 5.12 Å². The van der Waals surface area contributed by atoms with Crippen LogP contribution in [-0.2, 0) is 40.5 Å². The number of hydrogen-bond donors (Lipinski definition) is 2. The zero-order valence-electron chi connectivity index (χ0n) is 26.5. The first-order valence-corrected chi connectivity index (χ1v) is 15.4. The van der Waals surface area contributed by atoms with E-state index < -0.39 is 17.5 Å². The number of rotatable bonds is 16. The standard InChI is InChI=1S/C33H36ClN7O7/c1-3-4-12-30-37-31(34)29(19-42)39(30)18-23-13-15-26(16-14-23)27-10-5-6-11-28(27)32(35)38-40(36)22(2)48-33(43)46-20-24-8-7-9-25(17-24)21-47-41(44)45/h5-11,13-17,19,22H,3-4,12,18,20-21,36H2,1-2H3,(H2,35,38). The second-order valence-electron chi connectivity index (χ2n) is 10.7. The predicted octanol–water partition coefficient (Wildman–Crippen LogP) is 5.61. The number of nitrogens with zero attached hydrogens (tertiary/aromatic N) is 5. The molecule has 0 aliphatic carbocycles. The second kappa shape index (κ2) is 16.9. The zero-order chi connectivity index (χ0) is 34.6. The summed E-state index contributed by atoms with van der Waals surface area (Å²) >= 11 is 6.24. The molecular formula is C33H36ClN7O7. The number of hydrazine groups is 1. The third kappa shape index (κ3) is 9.53. The van der Waals surface area contributed by atoms with Gasteiger partial charge in [-0.25, -0.2) is 15.6 Å². The minimum atomic E-state index is -1.04. The minimum Gasteiger partial charge on any atom is -0.429 e. The molecule has 4 aromatic rings. The SMILES string of the molecule is CCCCc1nc(Cl)c(C=O)n1Cc1ccc(-c2ccccc2/C(N)=N/N(N)C(C)OC(=O)OCc2cccc(CO[N+](=O)[O-])c2)cc1. The average Bonchev–Trinajstić information content (AvgIpc) is 3.38. The van der Waals surface area contributed by atoms with Gasteiger partial charge in [0.25, 0.3) is 5.09 Å². The number of carbonyl (C=O) groups is 2. The Morgan fingerprint density at radius 3 is 2.50 bits per heavy atom. The highest BCUT2D eigenvalue weighted by molar-refractivity contribution is 6.31. The summed E-state index contributed by atoms with van der Waals surface area (Å²) in [4.78, 5) is 43.2. The van der Waals surface area contributed by atoms with Gasteiger partial charge in [0.15, 0.2) is 17.3 Å². The Balaban J connectivity index is 1.40. The van der Waals surface area contributed by atoms with E-state index in [0.717, 1.165) is 53.2 Å². The van der Waals surface area contributed by atoms with Gasteiger partial charge in [-0.15, -0.1) is 15.2 Å². The first-order chi connectivity index (χ1) is 23.1. The first-order valence-electron chi connectivity index (χ1n) is 15.0. The number of aryl methyl sites for hydroxylation is 1. The van der Waals surface area contributed by atoms with Gasteiger partial charge >= 0.3 is 6.16 Å². The van der Waals surface area contributed by atoms with E-state index in [9.17, 15) is 19.7 Å². The molecule has 0 saturated heterocycles. The zero-order valence-corrected chi connectivity index (χ0v) is 27.2. The molecule has 15 heteroatoms. The van der Waals surface area contributed by atoms with Crippen molar-refractivity contribution in [2.24, 2.45) is 16.7 Å². The van der Waals surface area contributed by atoms with Gasteiger partial charge in [0.05, 0.1) is 0 Å². The highest BCUT2D eigenvalue weighted by Crippen LogP contribution is 2.26. The molecule has 252 valence electrons. The minimum absolute atomic E-state index is 0.0824. The maximum Gasteiger partial charge on any atom is 0.510 e. The molecule has 1 unspecified atom stereocenters. The van der Waals surface area contributed by atoms with E-state index in [-0.39, 0.29) is 24.2 Å². The van der Waals surface area contributed by atoms with Crippen LogP contribution in [-0.4, -0.2) is 44.3 Å². The highest BCUT2D eigenvalue weighted by Gasteiger charge is 2.18. The van der Waals surface area contributed by atoms with Crippen molar-refractivity contribution in [3.63, 3.8) is 0 Å². The number of halogens is 1. The molecule has 0 aliphatic heterocycles. The average molecular weight is 678 g/mol. The second-order valence-corrected chi connectivity index (χ2v) is 11.1. The molecule has 1 aromatic heterocycles. The van der Waals surface area contributed by atoms with E-state index >= 15 is 0 Å². The lowest BCUT2D eigenvalue weighted by Gasteiger charge is -2.21. The molecule has 0 bridgehead atoms. The molecule has 3 aromatic carbocycles. The Morgan fingerprint density at radius 2 is 1.81 bits per heavy atom. The van der Waals surface area contributed by atoms with Gasteiger partial charge in [-0.1, -0.05) is 97.7 Å². The van der Waals surface area contributed by atoms with E-state index in [1.165, 1.54) is 6.92 Å². The van der Waals surface area contributed by atoms with Crippen LogP contribution < -0.4 is 11.6 Å². The Labute approximate surface area is 281 Å². The molecule has 1 heterocycles. The van der Waals surface area contributed by atoms with Crippen molar-refractivity contribution < 1.29 is 29.0 Å². The lowest BCUT2D eigenvalue weighted by Crippen LogP contribution is -2.40. The molecule has 0 radical (unpaired) electrons. The quantitative estimate of drug-likeness (QED) is 0.0219. The number of imidazole rings is 1. The molecule has 4 N–H and O–H groups in total. The van der Waals surface area contributed by atoms with Crippen LogP contribution in [0.25, 0.3) is 11.1 Å². The highest BCUT2D eigenvalue weighted by atomic mass is 35.5. The van der Waals surface area contributed by atoms with Crippen LogP contribution in [0.3, 0.4) is 0 Å². The molecule has 14 nitrogen and oxygen atoms in total. The fourth-order valence-corrected chi connectivity index (χ4v) is 5.04. The van der Waals surface area contributed by atoms with Crippen LogP contribution in [0.15, 0.2) is 77.9 Å². The number of nitrogens with two attached hydrogens (primary N) is 2. The Morgan fingerprint density at radius 1 is 1.10 bits per heavy atom. The number of benzene rings is 3. The Bertz CT molecular complexity index is 1760. The van der Waals surface area contributed by atoms with E-state index in [1.807, 2.05) is 47.0 Å². The summed E-state index contributed by atoms with van der Waals surface area (Å²) in [5.41, 5.74) is 11.0. The fraction of sp³-hybridized carbons (Fsp3) is 0.273. The van der Waals surface area contributed by atoms with Crippen molar-refractivity contribution in [1.29, 1.82) is 0 Å². The summed E-state index contributed by atoms with van der Waals surface area (Å²) in [6.07, 6.45) is 1.33. The summed E-state index contributed by atoms with van der Waals surface area (Å²) in [5.74, 6) is 6.91. The predicted molar refractivity (Wildman–Crippen MR) is 178 cm³/mol. The third-order valence-corrected chi connectivity index (χ3v) is 7.54. The Kier molecular flexibility index (Phi) is 12.5. The Hall–Kier alpha value is -5.47.